The molecule has 0 radical (unpaired) electrons. The van der Waals surface area contributed by atoms with Gasteiger partial charge >= 0.3 is 0 Å². The molecule has 16 heavy (non-hydrogen) atoms. The van der Waals surface area contributed by atoms with Crippen molar-refractivity contribution in [1.82, 2.24) is 5.32 Å². The molecule has 1 aromatic carbocycles. The van der Waals surface area contributed by atoms with E-state index in [2.05, 4.69) is 5.32 Å². The van der Waals surface area contributed by atoms with Crippen molar-refractivity contribution < 1.29 is 8.78 Å². The first kappa shape index (κ1) is 11.5. The van der Waals surface area contributed by atoms with Gasteiger partial charge in [0.15, 0.2) is 0 Å². The SMILES string of the molecule is FC(F)C1(Cc2ccccc2)CCCNC1. The number of piperidine rings is 1. The first-order valence-electron chi connectivity index (χ1n) is 5.76. The fourth-order valence-corrected chi connectivity index (χ4v) is 2.41. The summed E-state index contributed by atoms with van der Waals surface area (Å²) in [6.45, 7) is 1.29. The second-order valence-corrected chi connectivity index (χ2v) is 4.61. The van der Waals surface area contributed by atoms with Crippen LogP contribution in [0.3, 0.4) is 0 Å². The quantitative estimate of drug-likeness (QED) is 0.834. The van der Waals surface area contributed by atoms with E-state index >= 15 is 0 Å². The summed E-state index contributed by atoms with van der Waals surface area (Å²) in [7, 11) is 0. The third-order valence-corrected chi connectivity index (χ3v) is 3.37. The van der Waals surface area contributed by atoms with Gasteiger partial charge in [0, 0.05) is 12.0 Å². The Hall–Kier alpha value is -0.960. The van der Waals surface area contributed by atoms with Crippen LogP contribution in [0.2, 0.25) is 0 Å². The Morgan fingerprint density at radius 3 is 2.56 bits per heavy atom. The summed E-state index contributed by atoms with van der Waals surface area (Å²) in [5.74, 6) is 0. The second kappa shape index (κ2) is 4.91. The monoisotopic (exact) mass is 225 g/mol. The van der Waals surface area contributed by atoms with Crippen molar-refractivity contribution in [2.24, 2.45) is 5.41 Å². The Balaban J connectivity index is 2.14. The van der Waals surface area contributed by atoms with E-state index in [0.29, 0.717) is 19.4 Å². The van der Waals surface area contributed by atoms with Crippen LogP contribution in [-0.4, -0.2) is 19.5 Å². The Kier molecular flexibility index (Phi) is 3.54. The molecule has 1 N–H and O–H groups in total. The van der Waals surface area contributed by atoms with E-state index in [1.165, 1.54) is 0 Å². The van der Waals surface area contributed by atoms with Crippen molar-refractivity contribution in [2.75, 3.05) is 13.1 Å². The zero-order valence-electron chi connectivity index (χ0n) is 9.26. The van der Waals surface area contributed by atoms with Crippen LogP contribution in [0, 0.1) is 5.41 Å². The molecular formula is C13H17F2N. The zero-order valence-corrected chi connectivity index (χ0v) is 9.26. The molecule has 2 rings (SSSR count). The molecule has 0 saturated carbocycles. The molecule has 0 bridgehead atoms. The third kappa shape index (κ3) is 2.40. The molecule has 0 aromatic heterocycles. The van der Waals surface area contributed by atoms with Crippen LogP contribution in [-0.2, 0) is 6.42 Å². The van der Waals surface area contributed by atoms with Gasteiger partial charge in [-0.25, -0.2) is 8.78 Å². The lowest BCUT2D eigenvalue weighted by Gasteiger charge is -2.37. The van der Waals surface area contributed by atoms with Crippen molar-refractivity contribution >= 4 is 0 Å². The first-order valence-corrected chi connectivity index (χ1v) is 5.76. The smallest absolute Gasteiger partial charge is 0.245 e. The molecule has 1 heterocycles. The summed E-state index contributed by atoms with van der Waals surface area (Å²) in [6.07, 6.45) is -0.317. The number of hydrogen-bond donors (Lipinski definition) is 1. The molecule has 1 aliphatic rings. The number of alkyl halides is 2. The van der Waals surface area contributed by atoms with E-state index in [0.717, 1.165) is 18.5 Å². The molecule has 0 amide bonds. The maximum Gasteiger partial charge on any atom is 0.245 e. The van der Waals surface area contributed by atoms with Gasteiger partial charge < -0.3 is 5.32 Å². The Morgan fingerprint density at radius 2 is 2.00 bits per heavy atom. The Labute approximate surface area is 94.9 Å². The molecule has 1 fully saturated rings. The van der Waals surface area contributed by atoms with Crippen molar-refractivity contribution in [3.8, 4) is 0 Å². The van der Waals surface area contributed by atoms with Gasteiger partial charge in [-0.2, -0.15) is 0 Å². The van der Waals surface area contributed by atoms with E-state index in [4.69, 9.17) is 0 Å². The maximum atomic E-state index is 13.2. The predicted molar refractivity (Wildman–Crippen MR) is 60.7 cm³/mol. The van der Waals surface area contributed by atoms with Crippen LogP contribution in [0.1, 0.15) is 18.4 Å². The average molecular weight is 225 g/mol. The molecular weight excluding hydrogens is 208 g/mol. The second-order valence-electron chi connectivity index (χ2n) is 4.61. The predicted octanol–water partition coefficient (Wildman–Crippen LogP) is 2.86. The lowest BCUT2D eigenvalue weighted by Crippen LogP contribution is -2.46. The van der Waals surface area contributed by atoms with Gasteiger partial charge in [-0.1, -0.05) is 30.3 Å². The van der Waals surface area contributed by atoms with Crippen LogP contribution in [0.4, 0.5) is 8.78 Å². The topological polar surface area (TPSA) is 12.0 Å². The molecule has 1 unspecified atom stereocenters. The highest BCUT2D eigenvalue weighted by Crippen LogP contribution is 2.36. The van der Waals surface area contributed by atoms with E-state index < -0.39 is 11.8 Å². The Bertz CT molecular complexity index is 318. The van der Waals surface area contributed by atoms with Gasteiger partial charge in [-0.15, -0.1) is 0 Å². The normalized spacial score (nSPS) is 25.9. The first-order chi connectivity index (χ1) is 7.73. The van der Waals surface area contributed by atoms with Crippen molar-refractivity contribution in [3.63, 3.8) is 0 Å². The summed E-state index contributed by atoms with van der Waals surface area (Å²) in [5, 5.41) is 3.10. The highest BCUT2D eigenvalue weighted by molar-refractivity contribution is 5.17. The average Bonchev–Trinajstić information content (AvgIpc) is 2.31. The van der Waals surface area contributed by atoms with E-state index in [9.17, 15) is 8.78 Å². The Morgan fingerprint density at radius 1 is 1.25 bits per heavy atom. The lowest BCUT2D eigenvalue weighted by atomic mass is 9.76. The minimum atomic E-state index is -2.25. The van der Waals surface area contributed by atoms with Gasteiger partial charge in [-0.3, -0.25) is 0 Å². The number of rotatable bonds is 3. The van der Waals surface area contributed by atoms with Gasteiger partial charge in [0.25, 0.3) is 0 Å². The molecule has 88 valence electrons. The van der Waals surface area contributed by atoms with Crippen LogP contribution in [0.25, 0.3) is 0 Å². The summed E-state index contributed by atoms with van der Waals surface area (Å²) in [6, 6.07) is 9.59. The minimum absolute atomic E-state index is 0.430. The van der Waals surface area contributed by atoms with E-state index in [1.54, 1.807) is 0 Å². The molecule has 3 heteroatoms. The third-order valence-electron chi connectivity index (χ3n) is 3.37. The van der Waals surface area contributed by atoms with Crippen molar-refractivity contribution in [2.45, 2.75) is 25.7 Å². The highest BCUT2D eigenvalue weighted by Gasteiger charge is 2.40. The molecule has 0 spiro atoms. The minimum Gasteiger partial charge on any atom is -0.316 e. The molecule has 1 atom stereocenters. The summed E-state index contributed by atoms with van der Waals surface area (Å²) in [4.78, 5) is 0. The van der Waals surface area contributed by atoms with Gasteiger partial charge in [-0.05, 0) is 31.4 Å². The van der Waals surface area contributed by atoms with Crippen LogP contribution in [0.5, 0.6) is 0 Å². The van der Waals surface area contributed by atoms with E-state index in [1.807, 2.05) is 30.3 Å². The number of nitrogens with one attached hydrogen (secondary N) is 1. The number of benzene rings is 1. The highest BCUT2D eigenvalue weighted by atomic mass is 19.3. The molecule has 1 saturated heterocycles. The van der Waals surface area contributed by atoms with Crippen molar-refractivity contribution in [1.29, 1.82) is 0 Å². The zero-order chi connectivity index (χ0) is 11.4. The summed E-state index contributed by atoms with van der Waals surface area (Å²) in [5.41, 5.74) is 0.145. The fourth-order valence-electron chi connectivity index (χ4n) is 2.41. The largest absolute Gasteiger partial charge is 0.316 e. The van der Waals surface area contributed by atoms with Crippen LogP contribution in [0.15, 0.2) is 30.3 Å². The standard InChI is InChI=1S/C13H17F2N/c14-12(15)13(7-4-8-16-10-13)9-11-5-2-1-3-6-11/h1-3,5-6,12,16H,4,7-10H2. The van der Waals surface area contributed by atoms with Gasteiger partial charge in [0.2, 0.25) is 6.43 Å². The molecule has 1 aliphatic heterocycles. The fraction of sp³-hybridized carbons (Fsp3) is 0.538. The van der Waals surface area contributed by atoms with Gasteiger partial charge in [0.1, 0.15) is 0 Å². The van der Waals surface area contributed by atoms with Gasteiger partial charge in [0.05, 0.1) is 0 Å². The van der Waals surface area contributed by atoms with E-state index in [-0.39, 0.29) is 0 Å². The summed E-state index contributed by atoms with van der Waals surface area (Å²) >= 11 is 0. The maximum absolute atomic E-state index is 13.2. The number of halogens is 2. The van der Waals surface area contributed by atoms with Crippen LogP contribution < -0.4 is 5.32 Å². The lowest BCUT2D eigenvalue weighted by molar-refractivity contribution is -0.0215. The van der Waals surface area contributed by atoms with Crippen molar-refractivity contribution in [3.05, 3.63) is 35.9 Å². The number of hydrogen-bond acceptors (Lipinski definition) is 1. The molecule has 1 nitrogen and oxygen atoms in total. The van der Waals surface area contributed by atoms with Crippen LogP contribution >= 0.6 is 0 Å². The molecule has 1 aromatic rings. The molecule has 0 aliphatic carbocycles. The summed E-state index contributed by atoms with van der Waals surface area (Å²) < 4.78 is 26.4.